The van der Waals surface area contributed by atoms with Crippen molar-refractivity contribution in [2.24, 2.45) is 5.92 Å². The van der Waals surface area contributed by atoms with Gasteiger partial charge in [-0.1, -0.05) is 35.9 Å². The lowest BCUT2D eigenvalue weighted by molar-refractivity contribution is -0.141. The Bertz CT molecular complexity index is 759. The topological polar surface area (TPSA) is 95.5 Å². The SMILES string of the molecule is Cc1cccc(CC(CNC(=O)CCNC(=O)c2cccs2)C(=O)O)c1. The number of hydrogen-bond acceptors (Lipinski definition) is 4. The van der Waals surface area contributed by atoms with Crippen molar-refractivity contribution in [2.75, 3.05) is 13.1 Å². The minimum Gasteiger partial charge on any atom is -0.481 e. The lowest BCUT2D eigenvalue weighted by Crippen LogP contribution is -2.36. The van der Waals surface area contributed by atoms with Gasteiger partial charge in [-0.15, -0.1) is 11.3 Å². The first-order valence-electron chi connectivity index (χ1n) is 8.32. The molecule has 0 aliphatic rings. The summed E-state index contributed by atoms with van der Waals surface area (Å²) >= 11 is 1.33. The molecule has 0 saturated heterocycles. The van der Waals surface area contributed by atoms with Crippen LogP contribution in [0.25, 0.3) is 0 Å². The van der Waals surface area contributed by atoms with E-state index in [4.69, 9.17) is 0 Å². The van der Waals surface area contributed by atoms with Crippen LogP contribution in [0.15, 0.2) is 41.8 Å². The van der Waals surface area contributed by atoms with E-state index >= 15 is 0 Å². The highest BCUT2D eigenvalue weighted by Crippen LogP contribution is 2.11. The molecule has 2 amide bonds. The minimum absolute atomic E-state index is 0.0565. The fourth-order valence-electron chi connectivity index (χ4n) is 2.48. The van der Waals surface area contributed by atoms with Gasteiger partial charge in [0.2, 0.25) is 5.91 Å². The van der Waals surface area contributed by atoms with Crippen molar-refractivity contribution < 1.29 is 19.5 Å². The molecule has 3 N–H and O–H groups in total. The molecule has 1 heterocycles. The number of nitrogens with one attached hydrogen (secondary N) is 2. The zero-order valence-electron chi connectivity index (χ0n) is 14.5. The van der Waals surface area contributed by atoms with Gasteiger partial charge in [-0.25, -0.2) is 0 Å². The number of hydrogen-bond donors (Lipinski definition) is 3. The molecular weight excluding hydrogens is 352 g/mol. The predicted molar refractivity (Wildman–Crippen MR) is 100 cm³/mol. The van der Waals surface area contributed by atoms with Gasteiger partial charge in [-0.2, -0.15) is 0 Å². The van der Waals surface area contributed by atoms with E-state index in [2.05, 4.69) is 10.6 Å². The molecule has 0 bridgehead atoms. The molecule has 0 fully saturated rings. The molecule has 7 heteroatoms. The van der Waals surface area contributed by atoms with Crippen LogP contribution in [-0.4, -0.2) is 36.0 Å². The monoisotopic (exact) mass is 374 g/mol. The smallest absolute Gasteiger partial charge is 0.308 e. The second-order valence-corrected chi connectivity index (χ2v) is 6.96. The maximum Gasteiger partial charge on any atom is 0.308 e. The minimum atomic E-state index is -0.946. The van der Waals surface area contributed by atoms with E-state index in [1.54, 1.807) is 12.1 Å². The largest absolute Gasteiger partial charge is 0.481 e. The summed E-state index contributed by atoms with van der Waals surface area (Å²) in [7, 11) is 0. The van der Waals surface area contributed by atoms with Crippen LogP contribution in [-0.2, 0) is 16.0 Å². The van der Waals surface area contributed by atoms with Crippen LogP contribution in [0.1, 0.15) is 27.2 Å². The third-order valence-corrected chi connectivity index (χ3v) is 4.71. The van der Waals surface area contributed by atoms with Crippen LogP contribution in [0, 0.1) is 12.8 Å². The highest BCUT2D eigenvalue weighted by Gasteiger charge is 2.19. The summed E-state index contributed by atoms with van der Waals surface area (Å²) in [6.45, 7) is 2.21. The van der Waals surface area contributed by atoms with E-state index in [9.17, 15) is 19.5 Å². The summed E-state index contributed by atoms with van der Waals surface area (Å²) < 4.78 is 0. The number of carbonyl (C=O) groups is 3. The fraction of sp³-hybridized carbons (Fsp3) is 0.316. The first kappa shape index (κ1) is 19.7. The Balaban J connectivity index is 1.74. The Hall–Kier alpha value is -2.67. The van der Waals surface area contributed by atoms with Gasteiger partial charge >= 0.3 is 5.97 Å². The summed E-state index contributed by atoms with van der Waals surface area (Å²) in [5.74, 6) is -2.14. The van der Waals surface area contributed by atoms with Gasteiger partial charge in [0.05, 0.1) is 10.8 Å². The van der Waals surface area contributed by atoms with E-state index in [0.29, 0.717) is 11.3 Å². The van der Waals surface area contributed by atoms with Crippen LogP contribution >= 0.6 is 11.3 Å². The molecule has 1 atom stereocenters. The highest BCUT2D eigenvalue weighted by atomic mass is 32.1. The molecule has 0 aliphatic carbocycles. The summed E-state index contributed by atoms with van der Waals surface area (Å²) in [4.78, 5) is 35.7. The number of amides is 2. The van der Waals surface area contributed by atoms with Crippen molar-refractivity contribution in [3.63, 3.8) is 0 Å². The third kappa shape index (κ3) is 6.33. The van der Waals surface area contributed by atoms with Crippen LogP contribution in [0.4, 0.5) is 0 Å². The van der Waals surface area contributed by atoms with E-state index in [-0.39, 0.29) is 31.3 Å². The Morgan fingerprint density at radius 1 is 1.15 bits per heavy atom. The van der Waals surface area contributed by atoms with Crippen LogP contribution in [0.3, 0.4) is 0 Å². The average Bonchev–Trinajstić information content (AvgIpc) is 3.13. The number of thiophene rings is 1. The maximum atomic E-state index is 11.9. The second-order valence-electron chi connectivity index (χ2n) is 6.02. The number of benzene rings is 1. The van der Waals surface area contributed by atoms with Crippen molar-refractivity contribution in [1.82, 2.24) is 10.6 Å². The van der Waals surface area contributed by atoms with E-state index in [1.165, 1.54) is 11.3 Å². The highest BCUT2D eigenvalue weighted by molar-refractivity contribution is 7.12. The maximum absolute atomic E-state index is 11.9. The van der Waals surface area contributed by atoms with Gasteiger partial charge in [-0.05, 0) is 30.4 Å². The Labute approximate surface area is 156 Å². The molecule has 1 aromatic heterocycles. The lowest BCUT2D eigenvalue weighted by Gasteiger charge is -2.14. The van der Waals surface area contributed by atoms with Crippen molar-refractivity contribution >= 4 is 29.1 Å². The molecular formula is C19H22N2O4S. The van der Waals surface area contributed by atoms with Crippen LogP contribution < -0.4 is 10.6 Å². The Kier molecular flexibility index (Phi) is 7.35. The molecule has 2 aromatic rings. The van der Waals surface area contributed by atoms with Gasteiger partial charge in [0.1, 0.15) is 0 Å². The Morgan fingerprint density at radius 3 is 2.62 bits per heavy atom. The molecule has 1 aromatic carbocycles. The van der Waals surface area contributed by atoms with Gasteiger partial charge < -0.3 is 15.7 Å². The molecule has 6 nitrogen and oxygen atoms in total. The molecule has 138 valence electrons. The fourth-order valence-corrected chi connectivity index (χ4v) is 3.12. The first-order valence-corrected chi connectivity index (χ1v) is 9.20. The van der Waals surface area contributed by atoms with Gasteiger partial charge in [0.15, 0.2) is 0 Å². The van der Waals surface area contributed by atoms with Crippen molar-refractivity contribution in [1.29, 1.82) is 0 Å². The molecule has 0 radical (unpaired) electrons. The summed E-state index contributed by atoms with van der Waals surface area (Å²) in [6.07, 6.45) is 0.459. The molecule has 0 spiro atoms. The van der Waals surface area contributed by atoms with E-state index in [0.717, 1.165) is 11.1 Å². The third-order valence-electron chi connectivity index (χ3n) is 3.84. The molecule has 0 aliphatic heterocycles. The van der Waals surface area contributed by atoms with Gasteiger partial charge in [0, 0.05) is 19.5 Å². The first-order chi connectivity index (χ1) is 12.5. The number of carbonyl (C=O) groups excluding carboxylic acids is 2. The van der Waals surface area contributed by atoms with Gasteiger partial charge in [0.25, 0.3) is 5.91 Å². The molecule has 1 unspecified atom stereocenters. The Morgan fingerprint density at radius 2 is 1.96 bits per heavy atom. The van der Waals surface area contributed by atoms with Gasteiger partial charge in [-0.3, -0.25) is 14.4 Å². The summed E-state index contributed by atoms with van der Waals surface area (Å²) in [5, 5.41) is 16.5. The number of rotatable bonds is 9. The van der Waals surface area contributed by atoms with Crippen LogP contribution in [0.5, 0.6) is 0 Å². The number of aliphatic carboxylic acids is 1. The lowest BCUT2D eigenvalue weighted by atomic mass is 9.98. The summed E-state index contributed by atoms with van der Waals surface area (Å²) in [6, 6.07) is 11.2. The number of carboxylic acids is 1. The molecule has 2 rings (SSSR count). The van der Waals surface area contributed by atoms with Crippen LogP contribution in [0.2, 0.25) is 0 Å². The quantitative estimate of drug-likeness (QED) is 0.627. The summed E-state index contributed by atoms with van der Waals surface area (Å²) in [5.41, 5.74) is 1.99. The normalized spacial score (nSPS) is 11.6. The van der Waals surface area contributed by atoms with Crippen molar-refractivity contribution in [2.45, 2.75) is 19.8 Å². The standard InChI is InChI=1S/C19H22N2O4S/c1-13-4-2-5-14(10-13)11-15(19(24)25)12-21-17(22)7-8-20-18(23)16-6-3-9-26-16/h2-6,9-10,15H,7-8,11-12H2,1H3,(H,20,23)(H,21,22)(H,24,25). The predicted octanol–water partition coefficient (Wildman–Crippen LogP) is 2.24. The molecule has 26 heavy (non-hydrogen) atoms. The zero-order valence-corrected chi connectivity index (χ0v) is 15.3. The van der Waals surface area contributed by atoms with Crippen molar-refractivity contribution in [3.8, 4) is 0 Å². The number of aryl methyl sites for hydroxylation is 1. The van der Waals surface area contributed by atoms with E-state index in [1.807, 2.05) is 36.6 Å². The average molecular weight is 374 g/mol. The van der Waals surface area contributed by atoms with Crippen molar-refractivity contribution in [3.05, 3.63) is 57.8 Å². The molecule has 0 saturated carbocycles. The number of carboxylic acid groups (broad SMARTS) is 1. The van der Waals surface area contributed by atoms with E-state index < -0.39 is 11.9 Å². The zero-order chi connectivity index (χ0) is 18.9. The second kappa shape index (κ2) is 9.72.